The van der Waals surface area contributed by atoms with E-state index in [1.54, 1.807) is 0 Å². The molecule has 0 aliphatic carbocycles. The molecule has 18 heavy (non-hydrogen) atoms. The molecule has 1 unspecified atom stereocenters. The number of hydrogen-bond donors (Lipinski definition) is 3. The molecule has 1 atom stereocenters. The summed E-state index contributed by atoms with van der Waals surface area (Å²) < 4.78 is 5.39. The summed E-state index contributed by atoms with van der Waals surface area (Å²) in [4.78, 5) is 24.9. The molecule has 0 bridgehead atoms. The lowest BCUT2D eigenvalue weighted by atomic mass is 10.2. The van der Waals surface area contributed by atoms with E-state index >= 15 is 0 Å². The van der Waals surface area contributed by atoms with Gasteiger partial charge in [0.2, 0.25) is 5.91 Å². The Bertz CT molecular complexity index is 296. The summed E-state index contributed by atoms with van der Waals surface area (Å²) in [7, 11) is 0. The van der Waals surface area contributed by atoms with Gasteiger partial charge in [0.05, 0.1) is 19.3 Å². The number of urea groups is 1. The molecular formula is C11H22N4O3. The molecule has 0 saturated carbocycles. The second-order valence-corrected chi connectivity index (χ2v) is 4.64. The summed E-state index contributed by atoms with van der Waals surface area (Å²) in [5.41, 5.74) is 5.52. The van der Waals surface area contributed by atoms with E-state index in [-0.39, 0.29) is 24.6 Å². The molecule has 3 amide bonds. The summed E-state index contributed by atoms with van der Waals surface area (Å²) in [6, 6.07) is -0.457. The highest BCUT2D eigenvalue weighted by molar-refractivity contribution is 5.95. The Labute approximate surface area is 107 Å². The largest absolute Gasteiger partial charge is 0.374 e. The lowest BCUT2D eigenvalue weighted by molar-refractivity contribution is -0.123. The van der Waals surface area contributed by atoms with E-state index in [1.165, 1.54) is 0 Å². The molecule has 1 saturated heterocycles. The summed E-state index contributed by atoms with van der Waals surface area (Å²) in [6.45, 7) is 6.14. The fraction of sp³-hybridized carbons (Fsp3) is 0.818. The summed E-state index contributed by atoms with van der Waals surface area (Å²) >= 11 is 0. The fourth-order valence-corrected chi connectivity index (χ4v) is 1.73. The first-order valence-electron chi connectivity index (χ1n) is 6.15. The van der Waals surface area contributed by atoms with E-state index in [9.17, 15) is 9.59 Å². The van der Waals surface area contributed by atoms with Crippen LogP contribution in [0.5, 0.6) is 0 Å². The summed E-state index contributed by atoms with van der Waals surface area (Å²) in [6.07, 6.45) is -0.0314. The van der Waals surface area contributed by atoms with Gasteiger partial charge in [-0.25, -0.2) is 4.79 Å². The van der Waals surface area contributed by atoms with Gasteiger partial charge in [0.15, 0.2) is 0 Å². The van der Waals surface area contributed by atoms with Gasteiger partial charge in [-0.1, -0.05) is 0 Å². The quantitative estimate of drug-likeness (QED) is 0.593. The van der Waals surface area contributed by atoms with Gasteiger partial charge in [0, 0.05) is 25.7 Å². The zero-order valence-corrected chi connectivity index (χ0v) is 10.9. The smallest absolute Gasteiger partial charge is 0.321 e. The molecule has 0 radical (unpaired) electrons. The lowest BCUT2D eigenvalue weighted by Crippen LogP contribution is -2.51. The van der Waals surface area contributed by atoms with Gasteiger partial charge in [-0.3, -0.25) is 15.0 Å². The molecule has 7 heteroatoms. The van der Waals surface area contributed by atoms with Gasteiger partial charge < -0.3 is 15.8 Å². The first kappa shape index (κ1) is 14.9. The number of nitrogens with two attached hydrogens (primary N) is 1. The van der Waals surface area contributed by atoms with Crippen molar-refractivity contribution in [3.05, 3.63) is 0 Å². The van der Waals surface area contributed by atoms with Crippen LogP contribution in [0.4, 0.5) is 4.79 Å². The van der Waals surface area contributed by atoms with Crippen LogP contribution in [0.15, 0.2) is 0 Å². The maximum absolute atomic E-state index is 11.6. The van der Waals surface area contributed by atoms with Crippen molar-refractivity contribution in [1.82, 2.24) is 15.5 Å². The molecule has 0 aromatic heterocycles. The molecule has 1 rings (SSSR count). The highest BCUT2D eigenvalue weighted by Gasteiger charge is 2.21. The van der Waals surface area contributed by atoms with Crippen molar-refractivity contribution in [2.45, 2.75) is 26.0 Å². The van der Waals surface area contributed by atoms with E-state index in [4.69, 9.17) is 10.5 Å². The Morgan fingerprint density at radius 2 is 2.22 bits per heavy atom. The van der Waals surface area contributed by atoms with Crippen LogP contribution in [0, 0.1) is 0 Å². The zero-order chi connectivity index (χ0) is 13.5. The van der Waals surface area contributed by atoms with Crippen molar-refractivity contribution in [1.29, 1.82) is 0 Å². The van der Waals surface area contributed by atoms with Gasteiger partial charge in [0.25, 0.3) is 0 Å². The van der Waals surface area contributed by atoms with Crippen LogP contribution in [-0.2, 0) is 9.53 Å². The van der Waals surface area contributed by atoms with Crippen molar-refractivity contribution in [3.8, 4) is 0 Å². The Kier molecular flexibility index (Phi) is 6.03. The van der Waals surface area contributed by atoms with E-state index in [1.807, 2.05) is 18.7 Å². The Morgan fingerprint density at radius 3 is 2.83 bits per heavy atom. The van der Waals surface area contributed by atoms with Gasteiger partial charge >= 0.3 is 6.03 Å². The molecule has 7 nitrogen and oxygen atoms in total. The number of nitrogens with one attached hydrogen (secondary N) is 2. The minimum Gasteiger partial charge on any atom is -0.374 e. The zero-order valence-electron chi connectivity index (χ0n) is 10.9. The molecule has 0 spiro atoms. The topological polar surface area (TPSA) is 96.7 Å². The van der Waals surface area contributed by atoms with Crippen LogP contribution >= 0.6 is 0 Å². The molecule has 1 heterocycles. The van der Waals surface area contributed by atoms with Crippen molar-refractivity contribution >= 4 is 11.9 Å². The Balaban J connectivity index is 2.29. The maximum Gasteiger partial charge on any atom is 0.321 e. The average Bonchev–Trinajstić information content (AvgIpc) is 2.27. The van der Waals surface area contributed by atoms with Gasteiger partial charge in [-0.05, 0) is 13.8 Å². The minimum absolute atomic E-state index is 0.00260. The van der Waals surface area contributed by atoms with Gasteiger partial charge in [0.1, 0.15) is 0 Å². The molecule has 0 aromatic carbocycles. The molecule has 104 valence electrons. The van der Waals surface area contributed by atoms with E-state index in [0.29, 0.717) is 26.2 Å². The predicted molar refractivity (Wildman–Crippen MR) is 67.0 cm³/mol. The second-order valence-electron chi connectivity index (χ2n) is 4.64. The van der Waals surface area contributed by atoms with Crippen LogP contribution < -0.4 is 16.4 Å². The van der Waals surface area contributed by atoms with E-state index < -0.39 is 6.03 Å². The number of ether oxygens (including phenoxy) is 1. The third kappa shape index (κ3) is 5.44. The van der Waals surface area contributed by atoms with Crippen LogP contribution in [0.25, 0.3) is 0 Å². The number of morpholine rings is 1. The second kappa shape index (κ2) is 7.30. The minimum atomic E-state index is -0.460. The monoisotopic (exact) mass is 258 g/mol. The van der Waals surface area contributed by atoms with Crippen LogP contribution in [0.2, 0.25) is 0 Å². The standard InChI is InChI=1S/C11H22N4O3/c1-8(2)13-11(17)14-10(16)7-15-3-4-18-9(5-12)6-15/h8-9H,3-7,12H2,1-2H3,(H2,13,14,16,17). The number of carbonyl (C=O) groups is 2. The van der Waals surface area contributed by atoms with Crippen LogP contribution in [0.1, 0.15) is 13.8 Å². The average molecular weight is 258 g/mol. The summed E-state index contributed by atoms with van der Waals surface area (Å²) in [5.74, 6) is -0.314. The molecule has 1 aliphatic heterocycles. The Hall–Kier alpha value is -1.18. The van der Waals surface area contributed by atoms with Crippen LogP contribution in [0.3, 0.4) is 0 Å². The molecule has 1 aliphatic rings. The number of rotatable bonds is 4. The van der Waals surface area contributed by atoms with Crippen molar-refractivity contribution < 1.29 is 14.3 Å². The number of nitrogens with zero attached hydrogens (tertiary/aromatic N) is 1. The molecule has 4 N–H and O–H groups in total. The number of imide groups is 1. The van der Waals surface area contributed by atoms with Crippen LogP contribution in [-0.4, -0.2) is 61.8 Å². The molecule has 0 aromatic rings. The van der Waals surface area contributed by atoms with Crippen molar-refractivity contribution in [3.63, 3.8) is 0 Å². The third-order valence-electron chi connectivity index (χ3n) is 2.53. The number of amides is 3. The number of carbonyl (C=O) groups excluding carboxylic acids is 2. The highest BCUT2D eigenvalue weighted by Crippen LogP contribution is 2.03. The van der Waals surface area contributed by atoms with Crippen molar-refractivity contribution in [2.24, 2.45) is 5.73 Å². The molecular weight excluding hydrogens is 236 g/mol. The predicted octanol–water partition coefficient (Wildman–Crippen LogP) is -1.12. The van der Waals surface area contributed by atoms with E-state index in [2.05, 4.69) is 10.6 Å². The first-order valence-corrected chi connectivity index (χ1v) is 6.15. The normalized spacial score (nSPS) is 20.8. The first-order chi connectivity index (χ1) is 8.51. The SMILES string of the molecule is CC(C)NC(=O)NC(=O)CN1CCOC(CN)C1. The maximum atomic E-state index is 11.6. The lowest BCUT2D eigenvalue weighted by Gasteiger charge is -2.31. The van der Waals surface area contributed by atoms with Crippen molar-refractivity contribution in [2.75, 3.05) is 32.8 Å². The summed E-state index contributed by atoms with van der Waals surface area (Å²) in [5, 5.41) is 4.89. The van der Waals surface area contributed by atoms with Gasteiger partial charge in [-0.15, -0.1) is 0 Å². The third-order valence-corrected chi connectivity index (χ3v) is 2.53. The molecule has 1 fully saturated rings. The van der Waals surface area contributed by atoms with Gasteiger partial charge in [-0.2, -0.15) is 0 Å². The fourth-order valence-electron chi connectivity index (χ4n) is 1.73. The van der Waals surface area contributed by atoms with E-state index in [0.717, 1.165) is 0 Å². The highest BCUT2D eigenvalue weighted by atomic mass is 16.5. The Morgan fingerprint density at radius 1 is 1.50 bits per heavy atom. The number of hydrogen-bond acceptors (Lipinski definition) is 5.